The summed E-state index contributed by atoms with van der Waals surface area (Å²) in [5.41, 5.74) is -7.02. The lowest BCUT2D eigenvalue weighted by Gasteiger charge is -2.67. The average Bonchev–Trinajstić information content (AvgIpc) is 3.24. The van der Waals surface area contributed by atoms with Crippen LogP contribution in [0.4, 0.5) is 0 Å². The van der Waals surface area contributed by atoms with Gasteiger partial charge in [0.1, 0.15) is 23.9 Å². The van der Waals surface area contributed by atoms with Gasteiger partial charge in [-0.3, -0.25) is 19.2 Å². The lowest BCUT2D eigenvalue weighted by molar-refractivity contribution is -0.346. The van der Waals surface area contributed by atoms with Crippen LogP contribution in [-0.2, 0) is 42.9 Å². The van der Waals surface area contributed by atoms with Gasteiger partial charge in [0.05, 0.1) is 35.6 Å². The van der Waals surface area contributed by atoms with Gasteiger partial charge in [0, 0.05) is 37.7 Å². The SMILES string of the molecule is CC(=O)O[C@H]1C(=O)[C@@]2(C)[C@H]([C@H](OC(=O)c3ccccc3)[C@]3(O)C[C@H](OC(=O)C(O)C(N[11C](=O)c4ccccc4)c4ccccc4)C(C)=C1C3(C)C)[C@]1(OC(C)=O)CO[C@@H]1C[C@@H]2O. The van der Waals surface area contributed by atoms with Gasteiger partial charge in [-0.15, -0.1) is 0 Å². The summed E-state index contributed by atoms with van der Waals surface area (Å²) < 4.78 is 30.3. The summed E-state index contributed by atoms with van der Waals surface area (Å²) in [4.78, 5) is 83.5. The first kappa shape index (κ1) is 44.3. The van der Waals surface area contributed by atoms with E-state index in [-0.39, 0.29) is 35.3 Å². The minimum atomic E-state index is -2.39. The molecule has 4 aliphatic rings. The molecule has 2 saturated carbocycles. The number of Topliss-reactive ketones (excluding diaryl/α,β-unsaturated/α-hetero) is 1. The second kappa shape index (κ2) is 16.5. The summed E-state index contributed by atoms with van der Waals surface area (Å²) >= 11 is 0. The van der Waals surface area contributed by atoms with Crippen molar-refractivity contribution in [1.82, 2.24) is 5.32 Å². The maximum Gasteiger partial charge on any atom is 0.338 e. The fourth-order valence-corrected chi connectivity index (χ4v) is 10.2. The van der Waals surface area contributed by atoms with Gasteiger partial charge in [-0.1, -0.05) is 80.6 Å². The van der Waals surface area contributed by atoms with Gasteiger partial charge in [-0.25, -0.2) is 9.59 Å². The van der Waals surface area contributed by atoms with Crippen LogP contribution in [0.2, 0.25) is 0 Å². The van der Waals surface area contributed by atoms with Crippen molar-refractivity contribution < 1.29 is 67.8 Å². The number of carbonyl (C=O) groups is 6. The number of aliphatic hydroxyl groups is 3. The summed E-state index contributed by atoms with van der Waals surface area (Å²) in [7, 11) is 0. The molecule has 0 spiro atoms. The molecule has 1 amide bonds. The van der Waals surface area contributed by atoms with Crippen molar-refractivity contribution in [1.29, 1.82) is 0 Å². The normalized spacial score (nSPS) is 31.9. The topological polar surface area (TPSA) is 221 Å². The Morgan fingerprint density at radius 2 is 1.40 bits per heavy atom. The minimum absolute atomic E-state index is 0.00289. The van der Waals surface area contributed by atoms with Crippen molar-refractivity contribution in [3.8, 4) is 0 Å². The fraction of sp³-hybridized carbons (Fsp3) is 0.447. The third-order valence-corrected chi connectivity index (χ3v) is 13.5. The summed E-state index contributed by atoms with van der Waals surface area (Å²) in [5, 5.41) is 40.2. The maximum atomic E-state index is 15.5. The number of carbonyl (C=O) groups excluding carboxylic acids is 6. The van der Waals surface area contributed by atoms with Crippen molar-refractivity contribution in [2.45, 2.75) is 108 Å². The van der Waals surface area contributed by atoms with Crippen LogP contribution in [0.15, 0.2) is 102 Å². The third kappa shape index (κ3) is 7.29. The smallest absolute Gasteiger partial charge is 0.338 e. The minimum Gasteiger partial charge on any atom is -0.456 e. The van der Waals surface area contributed by atoms with Gasteiger partial charge < -0.3 is 44.3 Å². The number of nitrogens with one attached hydrogen (secondary N) is 1. The van der Waals surface area contributed by atoms with Crippen LogP contribution in [0.5, 0.6) is 0 Å². The summed E-state index contributed by atoms with van der Waals surface area (Å²) in [6.45, 7) is 7.97. The molecule has 62 heavy (non-hydrogen) atoms. The second-order valence-electron chi connectivity index (χ2n) is 17.4. The molecule has 15 nitrogen and oxygen atoms in total. The van der Waals surface area contributed by atoms with E-state index in [4.69, 9.17) is 23.7 Å². The molecule has 4 N–H and O–H groups in total. The number of aliphatic hydroxyl groups excluding tert-OH is 2. The highest BCUT2D eigenvalue weighted by atomic mass is 16.6. The fourth-order valence-electron chi connectivity index (χ4n) is 10.2. The van der Waals surface area contributed by atoms with Gasteiger partial charge in [-0.2, -0.15) is 0 Å². The Morgan fingerprint density at radius 1 is 0.823 bits per heavy atom. The van der Waals surface area contributed by atoms with Gasteiger partial charge in [0.15, 0.2) is 23.6 Å². The van der Waals surface area contributed by atoms with E-state index in [1.54, 1.807) is 92.7 Å². The molecule has 328 valence electrons. The van der Waals surface area contributed by atoms with Crippen molar-refractivity contribution in [3.63, 3.8) is 0 Å². The molecule has 3 aromatic carbocycles. The molecular formula is C47H51NO14. The summed E-state index contributed by atoms with van der Waals surface area (Å²) in [5.74, 6) is -6.84. The number of ketones is 1. The average molecular weight is 853 g/mol. The van der Waals surface area contributed by atoms with Gasteiger partial charge in [0.25, 0.3) is 5.91 Å². The molecule has 0 radical (unpaired) electrons. The Balaban J connectivity index is 1.39. The number of rotatable bonds is 10. The van der Waals surface area contributed by atoms with E-state index in [1.165, 1.54) is 26.0 Å². The Morgan fingerprint density at radius 3 is 1.95 bits per heavy atom. The van der Waals surface area contributed by atoms with Crippen LogP contribution in [0.25, 0.3) is 0 Å². The molecule has 2 bridgehead atoms. The molecule has 1 aliphatic heterocycles. The van der Waals surface area contributed by atoms with Crippen LogP contribution >= 0.6 is 0 Å². The third-order valence-electron chi connectivity index (χ3n) is 13.5. The first-order chi connectivity index (χ1) is 29.3. The van der Waals surface area contributed by atoms with E-state index in [9.17, 15) is 39.3 Å². The van der Waals surface area contributed by atoms with E-state index < -0.39 is 113 Å². The maximum absolute atomic E-state index is 15.5. The lowest BCUT2D eigenvalue weighted by Crippen LogP contribution is -2.82. The Bertz CT molecular complexity index is 2280. The predicted octanol–water partition coefficient (Wildman–Crippen LogP) is 3.74. The van der Waals surface area contributed by atoms with Gasteiger partial charge in [0.2, 0.25) is 0 Å². The molecule has 3 fully saturated rings. The first-order valence-electron chi connectivity index (χ1n) is 20.5. The molecular weight excluding hydrogens is 802 g/mol. The zero-order chi connectivity index (χ0) is 44.9. The molecule has 11 atom stereocenters. The Labute approximate surface area is 358 Å². The summed E-state index contributed by atoms with van der Waals surface area (Å²) in [6, 6.07) is 22.9. The van der Waals surface area contributed by atoms with E-state index in [1.807, 2.05) is 0 Å². The number of fused-ring (bicyclic) bond motifs is 5. The van der Waals surface area contributed by atoms with E-state index in [0.29, 0.717) is 5.56 Å². The highest BCUT2D eigenvalue weighted by molar-refractivity contribution is 5.96. The quantitative estimate of drug-likeness (QED) is 0.130. The van der Waals surface area contributed by atoms with Crippen molar-refractivity contribution in [2.24, 2.45) is 16.7 Å². The molecule has 15 heteroatoms. The number of ether oxygens (including phenoxy) is 5. The molecule has 2 unspecified atom stereocenters. The molecule has 3 aliphatic carbocycles. The highest BCUT2D eigenvalue weighted by Crippen LogP contribution is 2.64. The van der Waals surface area contributed by atoms with Gasteiger partial charge in [-0.05, 0) is 54.8 Å². The van der Waals surface area contributed by atoms with E-state index in [0.717, 1.165) is 13.8 Å². The van der Waals surface area contributed by atoms with Crippen molar-refractivity contribution >= 4 is 35.6 Å². The Hall–Kier alpha value is -5.74. The highest BCUT2D eigenvalue weighted by Gasteiger charge is 2.78. The molecule has 1 saturated heterocycles. The van der Waals surface area contributed by atoms with Crippen LogP contribution in [0, 0.1) is 16.7 Å². The van der Waals surface area contributed by atoms with Crippen LogP contribution < -0.4 is 5.32 Å². The van der Waals surface area contributed by atoms with Crippen molar-refractivity contribution in [3.05, 3.63) is 119 Å². The number of amides is 1. The zero-order valence-corrected chi connectivity index (χ0v) is 35.2. The zero-order valence-electron chi connectivity index (χ0n) is 35.2. The summed E-state index contributed by atoms with van der Waals surface area (Å²) in [6.07, 6.45) is -10.5. The second-order valence-corrected chi connectivity index (χ2v) is 17.4. The van der Waals surface area contributed by atoms with Crippen molar-refractivity contribution in [2.75, 3.05) is 6.61 Å². The predicted molar refractivity (Wildman–Crippen MR) is 218 cm³/mol. The monoisotopic (exact) mass is 852 g/mol. The number of benzene rings is 3. The number of hydrogen-bond donors (Lipinski definition) is 4. The number of hydrogen-bond acceptors (Lipinski definition) is 14. The van der Waals surface area contributed by atoms with E-state index in [2.05, 4.69) is 5.32 Å². The van der Waals surface area contributed by atoms with Crippen LogP contribution in [0.1, 0.15) is 86.7 Å². The lowest BCUT2D eigenvalue weighted by atomic mass is 9.44. The van der Waals surface area contributed by atoms with Crippen LogP contribution in [0.3, 0.4) is 0 Å². The van der Waals surface area contributed by atoms with E-state index >= 15 is 4.79 Å². The molecule has 0 aromatic heterocycles. The first-order valence-corrected chi connectivity index (χ1v) is 20.5. The Kier molecular flexibility index (Phi) is 11.8. The van der Waals surface area contributed by atoms with Gasteiger partial charge >= 0.3 is 23.9 Å². The molecule has 7 rings (SSSR count). The molecule has 1 heterocycles. The van der Waals surface area contributed by atoms with Crippen LogP contribution in [-0.4, -0.2) is 105 Å². The standard InChI is InChI=1S/C47H51NO14/c1-25-31(60-43(56)36(52)35(28-16-10-7-11-17-28)48-41(54)29-18-12-8-13-19-29)23-47(57)40(61-42(55)30-20-14-9-15-21-30)38-45(6,32(51)22-33-46(38,24-58-33)62-27(3)50)39(53)37(59-26(2)49)34(25)44(47,4)5/h7-21,31-33,35-38,40,51-52,57H,22-24H2,1-6H3,(H,48,54)/t31-,32-,33+,35?,36?,37+,38-,40-,45+,46-,47+/m0/s1/i41-1. The molecule has 3 aromatic rings. The largest absolute Gasteiger partial charge is 0.456 e. The number of esters is 4.